The van der Waals surface area contributed by atoms with Gasteiger partial charge in [-0.15, -0.1) is 0 Å². The molecule has 0 aromatic heterocycles. The Morgan fingerprint density at radius 3 is 2.08 bits per heavy atom. The molecule has 3 aromatic carbocycles. The molecule has 51 heavy (non-hydrogen) atoms. The zero-order valence-corrected chi connectivity index (χ0v) is 30.7. The zero-order valence-electron chi connectivity index (χ0n) is 29.1. The van der Waals surface area contributed by atoms with E-state index in [0.29, 0.717) is 68.5 Å². The quantitative estimate of drug-likeness (QED) is 0.193. The molecule has 0 radical (unpaired) electrons. The Morgan fingerprint density at radius 1 is 0.863 bits per heavy atom. The molecule has 270 valence electrons. The number of piperazine rings is 1. The number of ether oxygens (including phenoxy) is 4. The Hall–Kier alpha value is -4.55. The van der Waals surface area contributed by atoms with Gasteiger partial charge in [0.15, 0.2) is 0 Å². The third kappa shape index (κ3) is 9.42. The number of carbonyl (C=O) groups is 3. The van der Waals surface area contributed by atoms with Crippen molar-refractivity contribution in [3.63, 3.8) is 0 Å². The van der Waals surface area contributed by atoms with Crippen molar-refractivity contribution < 1.29 is 33.3 Å². The molecule has 2 heterocycles. The van der Waals surface area contributed by atoms with Crippen LogP contribution >= 0.6 is 15.9 Å². The van der Waals surface area contributed by atoms with Gasteiger partial charge in [0.25, 0.3) is 5.91 Å². The van der Waals surface area contributed by atoms with Crippen molar-refractivity contribution in [2.45, 2.75) is 63.2 Å². The van der Waals surface area contributed by atoms with Crippen LogP contribution in [0.4, 0.5) is 0 Å². The lowest BCUT2D eigenvalue weighted by atomic mass is 9.82. The average molecular weight is 762 g/mol. The number of benzene rings is 3. The van der Waals surface area contributed by atoms with Crippen LogP contribution in [0.1, 0.15) is 49.7 Å². The van der Waals surface area contributed by atoms with Gasteiger partial charge >= 0.3 is 0 Å². The van der Waals surface area contributed by atoms with Crippen molar-refractivity contribution in [2.24, 2.45) is 5.73 Å². The Bertz CT molecular complexity index is 1720. The van der Waals surface area contributed by atoms with Gasteiger partial charge in [-0.2, -0.15) is 0 Å². The minimum absolute atomic E-state index is 0.0286. The van der Waals surface area contributed by atoms with E-state index >= 15 is 0 Å². The standard InChI is InChI=1S/C39H45BrN4O7/c1-48-32-18-25(19-33(21-32)49-2)22-44(29-10-11-29)39(47)38-34(20-28-23-43(24-35(38)42-28)37(46)5-3-4-36(41)45)26-6-12-30(13-7-26)50-16-17-51-31-14-8-27(40)9-15-31/h6-9,12-15,18-19,21,28-29,35,42H,3-5,10-11,16-17,20,22-24H2,1-2H3,(H2,41,45)/t28-,35-/m1/s1. The zero-order chi connectivity index (χ0) is 35.9. The van der Waals surface area contributed by atoms with E-state index in [1.165, 1.54) is 0 Å². The molecule has 2 aliphatic heterocycles. The molecule has 11 nitrogen and oxygen atoms in total. The summed E-state index contributed by atoms with van der Waals surface area (Å²) in [5.41, 5.74) is 8.84. The van der Waals surface area contributed by atoms with Crippen LogP contribution in [-0.4, -0.2) is 86.2 Å². The van der Waals surface area contributed by atoms with E-state index < -0.39 is 5.91 Å². The predicted molar refractivity (Wildman–Crippen MR) is 197 cm³/mol. The molecule has 3 N–H and O–H groups in total. The topological polar surface area (TPSA) is 133 Å². The van der Waals surface area contributed by atoms with Crippen LogP contribution in [0, 0.1) is 0 Å². The molecule has 1 aliphatic carbocycles. The number of amides is 3. The van der Waals surface area contributed by atoms with Crippen LogP contribution in [0.3, 0.4) is 0 Å². The Kier molecular flexibility index (Phi) is 11.8. The Balaban J connectivity index is 1.24. The second-order valence-electron chi connectivity index (χ2n) is 13.2. The summed E-state index contributed by atoms with van der Waals surface area (Å²) in [4.78, 5) is 43.2. The monoisotopic (exact) mass is 760 g/mol. The first-order valence-electron chi connectivity index (χ1n) is 17.4. The Labute approximate surface area is 307 Å². The van der Waals surface area contributed by atoms with Crippen molar-refractivity contribution in [1.82, 2.24) is 15.1 Å². The molecule has 0 spiro atoms. The van der Waals surface area contributed by atoms with E-state index in [9.17, 15) is 14.4 Å². The number of primary amides is 1. The molecule has 0 unspecified atom stereocenters. The van der Waals surface area contributed by atoms with E-state index in [1.807, 2.05) is 76.5 Å². The predicted octanol–water partition coefficient (Wildman–Crippen LogP) is 5.10. The van der Waals surface area contributed by atoms with Crippen LogP contribution in [0.5, 0.6) is 23.0 Å². The highest BCUT2D eigenvalue weighted by atomic mass is 79.9. The number of methoxy groups -OCH3 is 2. The molecule has 6 rings (SSSR count). The maximum absolute atomic E-state index is 14.8. The molecule has 2 atom stereocenters. The summed E-state index contributed by atoms with van der Waals surface area (Å²) < 4.78 is 23.8. The van der Waals surface area contributed by atoms with Crippen LogP contribution < -0.4 is 30.0 Å². The summed E-state index contributed by atoms with van der Waals surface area (Å²) in [5, 5.41) is 3.66. The minimum Gasteiger partial charge on any atom is -0.497 e. The van der Waals surface area contributed by atoms with Crippen LogP contribution in [0.15, 0.2) is 76.8 Å². The maximum atomic E-state index is 14.8. The average Bonchev–Trinajstić information content (AvgIpc) is 3.98. The molecule has 1 saturated heterocycles. The summed E-state index contributed by atoms with van der Waals surface area (Å²) in [5.74, 6) is 2.31. The van der Waals surface area contributed by atoms with E-state index in [2.05, 4.69) is 21.2 Å². The van der Waals surface area contributed by atoms with Crippen LogP contribution in [0.2, 0.25) is 0 Å². The van der Waals surface area contributed by atoms with E-state index in [0.717, 1.165) is 39.8 Å². The minimum atomic E-state index is -0.417. The molecular formula is C39H45BrN4O7. The van der Waals surface area contributed by atoms with Gasteiger partial charge in [-0.1, -0.05) is 28.1 Å². The molecule has 3 aliphatic rings. The summed E-state index contributed by atoms with van der Waals surface area (Å²) in [6.45, 7) is 2.06. The first-order chi connectivity index (χ1) is 24.7. The van der Waals surface area contributed by atoms with Gasteiger partial charge in [0.2, 0.25) is 11.8 Å². The van der Waals surface area contributed by atoms with Crippen molar-refractivity contribution in [1.29, 1.82) is 0 Å². The van der Waals surface area contributed by atoms with Crippen molar-refractivity contribution in [3.05, 3.63) is 87.9 Å². The van der Waals surface area contributed by atoms with Crippen molar-refractivity contribution in [3.8, 4) is 23.0 Å². The number of carbonyl (C=O) groups excluding carboxylic acids is 3. The number of fused-ring (bicyclic) bond motifs is 2. The number of nitrogens with two attached hydrogens (primary N) is 1. The number of rotatable bonds is 16. The third-order valence-corrected chi connectivity index (χ3v) is 9.98. The highest BCUT2D eigenvalue weighted by Gasteiger charge is 2.43. The SMILES string of the molecule is COc1cc(CN(C(=O)C2=C(c3ccc(OCCOc4ccc(Br)cc4)cc3)C[C@@H]3CN(C(=O)CCCC(N)=O)C[C@H]2N3)C2CC2)cc(OC)c1. The normalized spacial score (nSPS) is 18.2. The van der Waals surface area contributed by atoms with E-state index in [4.69, 9.17) is 24.7 Å². The van der Waals surface area contributed by atoms with Gasteiger partial charge in [-0.25, -0.2) is 0 Å². The summed E-state index contributed by atoms with van der Waals surface area (Å²) >= 11 is 3.43. The van der Waals surface area contributed by atoms with Gasteiger partial charge in [-0.3, -0.25) is 14.4 Å². The van der Waals surface area contributed by atoms with E-state index in [-0.39, 0.29) is 42.8 Å². The lowest BCUT2D eigenvalue weighted by Gasteiger charge is -2.45. The molecule has 3 amide bonds. The molecule has 3 aromatic rings. The van der Waals surface area contributed by atoms with Gasteiger partial charge < -0.3 is 39.8 Å². The second kappa shape index (κ2) is 16.6. The maximum Gasteiger partial charge on any atom is 0.252 e. The van der Waals surface area contributed by atoms with Gasteiger partial charge in [0.1, 0.15) is 36.2 Å². The number of nitrogens with one attached hydrogen (secondary N) is 1. The van der Waals surface area contributed by atoms with Crippen LogP contribution in [0.25, 0.3) is 5.57 Å². The fourth-order valence-electron chi connectivity index (χ4n) is 6.81. The number of hydrogen-bond acceptors (Lipinski definition) is 8. The fourth-order valence-corrected chi connectivity index (χ4v) is 7.07. The van der Waals surface area contributed by atoms with Crippen molar-refractivity contribution >= 4 is 39.2 Å². The van der Waals surface area contributed by atoms with Gasteiger partial charge in [0.05, 0.1) is 20.3 Å². The highest BCUT2D eigenvalue weighted by Crippen LogP contribution is 2.38. The largest absolute Gasteiger partial charge is 0.497 e. The highest BCUT2D eigenvalue weighted by molar-refractivity contribution is 9.10. The number of hydrogen-bond donors (Lipinski definition) is 2. The first-order valence-corrected chi connectivity index (χ1v) is 18.2. The van der Waals surface area contributed by atoms with E-state index in [1.54, 1.807) is 14.2 Å². The molecule has 12 heteroatoms. The Morgan fingerprint density at radius 2 is 1.49 bits per heavy atom. The molecular weight excluding hydrogens is 716 g/mol. The van der Waals surface area contributed by atoms with Crippen molar-refractivity contribution in [2.75, 3.05) is 40.5 Å². The molecule has 1 saturated carbocycles. The van der Waals surface area contributed by atoms with Crippen LogP contribution in [-0.2, 0) is 20.9 Å². The summed E-state index contributed by atoms with van der Waals surface area (Å²) in [7, 11) is 3.23. The molecule has 2 bridgehead atoms. The number of nitrogens with zero attached hydrogens (tertiary/aromatic N) is 2. The van der Waals surface area contributed by atoms with Gasteiger partial charge in [-0.05, 0) is 90.9 Å². The second-order valence-corrected chi connectivity index (χ2v) is 14.1. The lowest BCUT2D eigenvalue weighted by molar-refractivity contribution is -0.134. The smallest absolute Gasteiger partial charge is 0.252 e. The third-order valence-electron chi connectivity index (χ3n) is 9.45. The number of halogens is 1. The first kappa shape index (κ1) is 36.2. The lowest BCUT2D eigenvalue weighted by Crippen LogP contribution is -2.62. The summed E-state index contributed by atoms with van der Waals surface area (Å²) in [6.07, 6.45) is 3.25. The fraction of sp³-hybridized carbons (Fsp3) is 0.410. The molecule has 2 fully saturated rings. The summed E-state index contributed by atoms with van der Waals surface area (Å²) in [6, 6.07) is 21.0. The van der Waals surface area contributed by atoms with Gasteiger partial charge in [0, 0.05) is 60.7 Å².